The van der Waals surface area contributed by atoms with Gasteiger partial charge in [-0.25, -0.2) is 0 Å². The van der Waals surface area contributed by atoms with Crippen LogP contribution in [0.4, 0.5) is 0 Å². The minimum Gasteiger partial charge on any atom is -0.294 e. The zero-order valence-corrected chi connectivity index (χ0v) is 7.34. The molecule has 62 valence electrons. The second kappa shape index (κ2) is 3.90. The highest BCUT2D eigenvalue weighted by Crippen LogP contribution is 2.18. The molecule has 0 aliphatic carbocycles. The lowest BCUT2D eigenvalue weighted by Crippen LogP contribution is -1.92. The average molecular weight is 181 g/mol. The summed E-state index contributed by atoms with van der Waals surface area (Å²) in [4.78, 5) is 14.4. The van der Waals surface area contributed by atoms with Crippen LogP contribution in [-0.2, 0) is 6.54 Å². The molecule has 0 radical (unpaired) electrons. The van der Waals surface area contributed by atoms with Gasteiger partial charge < -0.3 is 0 Å². The van der Waals surface area contributed by atoms with Crippen LogP contribution < -0.4 is 0 Å². The number of hydrogen-bond donors (Lipinski definition) is 0. The van der Waals surface area contributed by atoms with Crippen molar-refractivity contribution in [2.45, 2.75) is 13.5 Å². The van der Waals surface area contributed by atoms with Gasteiger partial charge in [0.15, 0.2) is 5.78 Å². The maximum Gasteiger partial charge on any atom is 0.160 e. The molecule has 1 rings (SSSR count). The number of carbonyl (C=O) groups is 1. The largest absolute Gasteiger partial charge is 0.294 e. The number of hydrogen-bond acceptors (Lipinski definition) is 3. The molecule has 0 spiro atoms. The van der Waals surface area contributed by atoms with Crippen molar-refractivity contribution < 1.29 is 4.79 Å². The van der Waals surface area contributed by atoms with Crippen LogP contribution in [0.5, 0.6) is 0 Å². The highest BCUT2D eigenvalue weighted by atomic mass is 32.1. The summed E-state index contributed by atoms with van der Waals surface area (Å²) in [5.41, 5.74) is 8.73. The molecule has 0 unspecified atom stereocenters. The highest BCUT2D eigenvalue weighted by Gasteiger charge is 2.06. The lowest BCUT2D eigenvalue weighted by atomic mass is 10.2. The first-order valence-electron chi connectivity index (χ1n) is 3.34. The normalized spacial score (nSPS) is 9.08. The van der Waals surface area contributed by atoms with Crippen molar-refractivity contribution in [1.82, 2.24) is 0 Å². The molecule has 0 aromatic carbocycles. The lowest BCUT2D eigenvalue weighted by Gasteiger charge is -1.92. The van der Waals surface area contributed by atoms with Crippen LogP contribution in [0.15, 0.2) is 16.6 Å². The van der Waals surface area contributed by atoms with E-state index in [0.717, 1.165) is 4.88 Å². The zero-order chi connectivity index (χ0) is 8.97. The standard InChI is InChI=1S/C7H7N3OS/c1-5(11)6-2-3-12-7(6)4-9-10-8/h2-3H,4H2,1H3. The van der Waals surface area contributed by atoms with E-state index in [1.54, 1.807) is 6.07 Å². The molecule has 0 saturated carbocycles. The van der Waals surface area contributed by atoms with E-state index in [1.807, 2.05) is 5.38 Å². The predicted octanol–water partition coefficient (Wildman–Crippen LogP) is 2.76. The number of Topliss-reactive ketones (excluding diaryl/α,β-unsaturated/α-hetero) is 1. The number of rotatable bonds is 3. The van der Waals surface area contributed by atoms with Gasteiger partial charge in [0.25, 0.3) is 0 Å². The summed E-state index contributed by atoms with van der Waals surface area (Å²) in [5.74, 6) is 0.0133. The van der Waals surface area contributed by atoms with Gasteiger partial charge in [-0.15, -0.1) is 11.3 Å². The smallest absolute Gasteiger partial charge is 0.160 e. The van der Waals surface area contributed by atoms with E-state index in [-0.39, 0.29) is 12.3 Å². The van der Waals surface area contributed by atoms with Crippen molar-refractivity contribution in [2.75, 3.05) is 0 Å². The molecular weight excluding hydrogens is 174 g/mol. The summed E-state index contributed by atoms with van der Waals surface area (Å²) in [5, 5.41) is 5.21. The van der Waals surface area contributed by atoms with Crippen LogP contribution >= 0.6 is 11.3 Å². The molecule has 0 N–H and O–H groups in total. The number of nitrogens with zero attached hydrogens (tertiary/aromatic N) is 3. The molecule has 1 aromatic heterocycles. The van der Waals surface area contributed by atoms with Gasteiger partial charge in [-0.2, -0.15) is 0 Å². The van der Waals surface area contributed by atoms with Gasteiger partial charge in [0, 0.05) is 15.4 Å². The van der Waals surface area contributed by atoms with Gasteiger partial charge in [0.2, 0.25) is 0 Å². The Morgan fingerprint density at radius 3 is 3.17 bits per heavy atom. The molecule has 1 heterocycles. The van der Waals surface area contributed by atoms with Crippen LogP contribution in [0.25, 0.3) is 10.4 Å². The minimum atomic E-state index is 0.0133. The topological polar surface area (TPSA) is 65.8 Å². The van der Waals surface area contributed by atoms with E-state index in [4.69, 9.17) is 5.53 Å². The van der Waals surface area contributed by atoms with E-state index in [1.165, 1.54) is 18.3 Å². The fraction of sp³-hybridized carbons (Fsp3) is 0.286. The monoisotopic (exact) mass is 181 g/mol. The quantitative estimate of drug-likeness (QED) is 0.306. The first-order valence-corrected chi connectivity index (χ1v) is 4.22. The third kappa shape index (κ3) is 1.84. The molecule has 1 aromatic rings. The molecule has 4 nitrogen and oxygen atoms in total. The van der Waals surface area contributed by atoms with E-state index < -0.39 is 0 Å². The molecular formula is C7H7N3OS. The van der Waals surface area contributed by atoms with Gasteiger partial charge in [-0.3, -0.25) is 4.79 Å². The van der Waals surface area contributed by atoms with Crippen LogP contribution in [0, 0.1) is 0 Å². The Morgan fingerprint density at radius 1 is 1.83 bits per heavy atom. The first-order chi connectivity index (χ1) is 5.75. The number of azide groups is 1. The fourth-order valence-electron chi connectivity index (χ4n) is 0.873. The van der Waals surface area contributed by atoms with Crippen molar-refractivity contribution in [1.29, 1.82) is 0 Å². The van der Waals surface area contributed by atoms with Crippen LogP contribution in [0.3, 0.4) is 0 Å². The van der Waals surface area contributed by atoms with Crippen molar-refractivity contribution >= 4 is 17.1 Å². The second-order valence-electron chi connectivity index (χ2n) is 2.20. The first kappa shape index (κ1) is 8.77. The molecule has 0 atom stereocenters. The maximum atomic E-state index is 11.0. The van der Waals surface area contributed by atoms with E-state index >= 15 is 0 Å². The van der Waals surface area contributed by atoms with Crippen molar-refractivity contribution in [3.05, 3.63) is 32.3 Å². The van der Waals surface area contributed by atoms with Gasteiger partial charge in [0.1, 0.15) is 0 Å². The number of carbonyl (C=O) groups excluding carboxylic acids is 1. The molecule has 0 aliphatic heterocycles. The van der Waals surface area contributed by atoms with E-state index in [9.17, 15) is 4.79 Å². The molecule has 0 aliphatic rings. The summed E-state index contributed by atoms with van der Waals surface area (Å²) in [6.45, 7) is 1.77. The SMILES string of the molecule is CC(=O)c1ccsc1CN=[N+]=[N-]. The molecule has 5 heteroatoms. The summed E-state index contributed by atoms with van der Waals surface area (Å²) in [6.07, 6.45) is 0. The molecule has 0 bridgehead atoms. The zero-order valence-electron chi connectivity index (χ0n) is 6.52. The number of ketones is 1. The fourth-order valence-corrected chi connectivity index (χ4v) is 1.71. The minimum absolute atomic E-state index is 0.0133. The predicted molar refractivity (Wildman–Crippen MR) is 47.2 cm³/mol. The summed E-state index contributed by atoms with van der Waals surface area (Å²) in [7, 11) is 0. The third-order valence-corrected chi connectivity index (χ3v) is 2.31. The highest BCUT2D eigenvalue weighted by molar-refractivity contribution is 7.10. The second-order valence-corrected chi connectivity index (χ2v) is 3.20. The van der Waals surface area contributed by atoms with Crippen LogP contribution in [-0.4, -0.2) is 5.78 Å². The Bertz CT molecular complexity index is 338. The maximum absolute atomic E-state index is 11.0. The lowest BCUT2D eigenvalue weighted by molar-refractivity contribution is 0.101. The Morgan fingerprint density at radius 2 is 2.58 bits per heavy atom. The van der Waals surface area contributed by atoms with Crippen LogP contribution in [0.1, 0.15) is 22.2 Å². The Kier molecular flexibility index (Phi) is 2.85. The number of thiophene rings is 1. The van der Waals surface area contributed by atoms with Gasteiger partial charge in [-0.05, 0) is 23.9 Å². The van der Waals surface area contributed by atoms with Crippen LogP contribution in [0.2, 0.25) is 0 Å². The average Bonchev–Trinajstić information content (AvgIpc) is 2.48. The van der Waals surface area contributed by atoms with Gasteiger partial charge >= 0.3 is 0 Å². The summed E-state index contributed by atoms with van der Waals surface area (Å²) < 4.78 is 0. The Balaban J connectivity index is 2.91. The summed E-state index contributed by atoms with van der Waals surface area (Å²) >= 11 is 1.43. The Labute approximate surface area is 73.5 Å². The van der Waals surface area contributed by atoms with Gasteiger partial charge in [0.05, 0.1) is 6.54 Å². The summed E-state index contributed by atoms with van der Waals surface area (Å²) in [6, 6.07) is 1.75. The van der Waals surface area contributed by atoms with Gasteiger partial charge in [-0.1, -0.05) is 5.11 Å². The third-order valence-electron chi connectivity index (χ3n) is 1.40. The Hall–Kier alpha value is -1.32. The molecule has 12 heavy (non-hydrogen) atoms. The van der Waals surface area contributed by atoms with E-state index in [2.05, 4.69) is 10.0 Å². The molecule has 0 fully saturated rings. The molecule has 0 amide bonds. The van der Waals surface area contributed by atoms with E-state index in [0.29, 0.717) is 5.56 Å². The van der Waals surface area contributed by atoms with Crippen molar-refractivity contribution in [3.8, 4) is 0 Å². The van der Waals surface area contributed by atoms with Crippen molar-refractivity contribution in [3.63, 3.8) is 0 Å². The molecule has 0 saturated heterocycles. The van der Waals surface area contributed by atoms with Crippen molar-refractivity contribution in [2.24, 2.45) is 5.11 Å².